The van der Waals surface area contributed by atoms with E-state index in [1.807, 2.05) is 20.8 Å². The van der Waals surface area contributed by atoms with Gasteiger partial charge in [-0.3, -0.25) is 0 Å². The van der Waals surface area contributed by atoms with E-state index in [1.165, 1.54) is 0 Å². The molecule has 0 spiro atoms. The highest BCUT2D eigenvalue weighted by Crippen LogP contribution is 2.32. The third kappa shape index (κ3) is 1.37. The Labute approximate surface area is 73.6 Å². The first-order valence-electron chi connectivity index (χ1n) is 4.58. The Bertz CT molecular complexity index is 104. The van der Waals surface area contributed by atoms with Crippen molar-refractivity contribution in [2.45, 2.75) is 39.0 Å². The first-order chi connectivity index (χ1) is 5.46. The van der Waals surface area contributed by atoms with Crippen molar-refractivity contribution in [3.63, 3.8) is 0 Å². The third-order valence-corrected chi connectivity index (χ3v) is 3.45. The summed E-state index contributed by atoms with van der Waals surface area (Å²) in [4.78, 5) is 0. The van der Waals surface area contributed by atoms with Gasteiger partial charge in [-0.25, -0.2) is 0 Å². The Balaban J connectivity index is 2.76. The van der Waals surface area contributed by atoms with Crippen LogP contribution < -0.4 is 5.73 Å². The zero-order valence-electron chi connectivity index (χ0n) is 7.94. The maximum Gasteiger partial charge on any atom is 0.0723 e. The molecule has 4 N–H and O–H groups in total. The summed E-state index contributed by atoms with van der Waals surface area (Å²) >= 11 is 0. The van der Waals surface area contributed by atoms with Crippen LogP contribution in [0, 0.1) is 17.8 Å². The average molecular weight is 173 g/mol. The summed E-state index contributed by atoms with van der Waals surface area (Å²) in [7, 11) is 0. The molecule has 0 saturated heterocycles. The molecule has 3 heteroatoms. The monoisotopic (exact) mass is 173 g/mol. The van der Waals surface area contributed by atoms with Crippen molar-refractivity contribution in [1.29, 1.82) is 0 Å². The van der Waals surface area contributed by atoms with Crippen molar-refractivity contribution in [3.05, 3.63) is 0 Å². The summed E-state index contributed by atoms with van der Waals surface area (Å²) < 4.78 is 0. The number of hydrogen-bond donors (Lipinski definition) is 3. The van der Waals surface area contributed by atoms with E-state index < -0.39 is 6.10 Å². The molecule has 12 heavy (non-hydrogen) atoms. The SMILES string of the molecule is CC1C(C)C(O)C(N)C(C)C1O. The Morgan fingerprint density at radius 2 is 1.25 bits per heavy atom. The van der Waals surface area contributed by atoms with E-state index in [0.717, 1.165) is 0 Å². The molecule has 0 aromatic carbocycles. The van der Waals surface area contributed by atoms with E-state index in [2.05, 4.69) is 0 Å². The summed E-state index contributed by atoms with van der Waals surface area (Å²) in [5.41, 5.74) is 5.75. The van der Waals surface area contributed by atoms with Gasteiger partial charge in [0, 0.05) is 6.04 Å². The van der Waals surface area contributed by atoms with Gasteiger partial charge in [-0.15, -0.1) is 0 Å². The molecule has 6 unspecified atom stereocenters. The Morgan fingerprint density at radius 1 is 0.833 bits per heavy atom. The molecule has 6 atom stereocenters. The topological polar surface area (TPSA) is 66.5 Å². The van der Waals surface area contributed by atoms with E-state index in [1.54, 1.807) is 0 Å². The van der Waals surface area contributed by atoms with Crippen LogP contribution in [0.1, 0.15) is 20.8 Å². The van der Waals surface area contributed by atoms with Gasteiger partial charge in [0.05, 0.1) is 12.2 Å². The van der Waals surface area contributed by atoms with E-state index >= 15 is 0 Å². The molecule has 0 aliphatic heterocycles. The lowest BCUT2D eigenvalue weighted by Gasteiger charge is -2.43. The Kier molecular flexibility index (Phi) is 2.76. The summed E-state index contributed by atoms with van der Waals surface area (Å²) in [6.07, 6.45) is -0.850. The molecule has 1 fully saturated rings. The van der Waals surface area contributed by atoms with Crippen molar-refractivity contribution in [3.8, 4) is 0 Å². The number of nitrogens with two attached hydrogens (primary N) is 1. The van der Waals surface area contributed by atoms with Crippen molar-refractivity contribution >= 4 is 0 Å². The second-order valence-electron chi connectivity index (χ2n) is 4.14. The standard InChI is InChI=1S/C9H19NO2/c1-4-5(2)9(12)7(10)6(3)8(4)11/h4-9,11-12H,10H2,1-3H3. The van der Waals surface area contributed by atoms with Gasteiger partial charge < -0.3 is 15.9 Å². The average Bonchev–Trinajstić information content (AvgIpc) is 2.08. The smallest absolute Gasteiger partial charge is 0.0723 e. The first kappa shape index (κ1) is 9.96. The molecular weight excluding hydrogens is 154 g/mol. The van der Waals surface area contributed by atoms with Crippen LogP contribution in [0.5, 0.6) is 0 Å². The predicted molar refractivity (Wildman–Crippen MR) is 47.5 cm³/mol. The molecule has 0 amide bonds. The highest BCUT2D eigenvalue weighted by molar-refractivity contribution is 4.94. The highest BCUT2D eigenvalue weighted by atomic mass is 16.3. The van der Waals surface area contributed by atoms with Crippen molar-refractivity contribution in [2.75, 3.05) is 0 Å². The van der Waals surface area contributed by atoms with Crippen LogP contribution >= 0.6 is 0 Å². The maximum absolute atomic E-state index is 9.71. The van der Waals surface area contributed by atoms with E-state index in [-0.39, 0.29) is 29.9 Å². The minimum absolute atomic E-state index is 0.00815. The molecular formula is C9H19NO2. The van der Waals surface area contributed by atoms with Crippen LogP contribution in [0.3, 0.4) is 0 Å². The largest absolute Gasteiger partial charge is 0.392 e. The summed E-state index contributed by atoms with van der Waals surface area (Å²) in [5.74, 6) is 0.215. The van der Waals surface area contributed by atoms with Crippen LogP contribution in [-0.4, -0.2) is 28.5 Å². The predicted octanol–water partition coefficient (Wildman–Crippen LogP) is -0.0426. The lowest BCUT2D eigenvalue weighted by Crippen LogP contribution is -2.56. The van der Waals surface area contributed by atoms with Crippen molar-refractivity contribution in [2.24, 2.45) is 23.5 Å². The molecule has 72 valence electrons. The first-order valence-corrected chi connectivity index (χ1v) is 4.58. The fraction of sp³-hybridized carbons (Fsp3) is 1.00. The Hall–Kier alpha value is -0.120. The molecule has 1 saturated carbocycles. The molecule has 0 bridgehead atoms. The number of aliphatic hydroxyl groups excluding tert-OH is 2. The lowest BCUT2D eigenvalue weighted by molar-refractivity contribution is -0.0750. The Morgan fingerprint density at radius 3 is 1.75 bits per heavy atom. The van der Waals surface area contributed by atoms with Crippen LogP contribution in [0.4, 0.5) is 0 Å². The molecule has 0 radical (unpaired) electrons. The molecule has 1 aliphatic rings. The van der Waals surface area contributed by atoms with Crippen LogP contribution in [0.15, 0.2) is 0 Å². The molecule has 0 aromatic heterocycles. The fourth-order valence-corrected chi connectivity index (χ4v) is 1.99. The van der Waals surface area contributed by atoms with Gasteiger partial charge in [0.15, 0.2) is 0 Å². The summed E-state index contributed by atoms with van der Waals surface area (Å²) in [5, 5.41) is 19.4. The van der Waals surface area contributed by atoms with Gasteiger partial charge in [-0.2, -0.15) is 0 Å². The van der Waals surface area contributed by atoms with Gasteiger partial charge >= 0.3 is 0 Å². The van der Waals surface area contributed by atoms with Crippen LogP contribution in [-0.2, 0) is 0 Å². The molecule has 3 nitrogen and oxygen atoms in total. The number of rotatable bonds is 0. The van der Waals surface area contributed by atoms with E-state index in [0.29, 0.717) is 0 Å². The highest BCUT2D eigenvalue weighted by Gasteiger charge is 2.41. The number of hydrogen-bond acceptors (Lipinski definition) is 3. The molecule has 0 aromatic rings. The molecule has 0 heterocycles. The molecule has 1 aliphatic carbocycles. The normalized spacial score (nSPS) is 55.5. The summed E-state index contributed by atoms with van der Waals surface area (Å²) in [6, 6.07) is -0.286. The zero-order chi connectivity index (χ0) is 9.46. The van der Waals surface area contributed by atoms with Gasteiger partial charge in [-0.05, 0) is 17.8 Å². The minimum atomic E-state index is -0.474. The molecule has 1 rings (SSSR count). The third-order valence-electron chi connectivity index (χ3n) is 3.45. The summed E-state index contributed by atoms with van der Waals surface area (Å²) in [6.45, 7) is 5.78. The van der Waals surface area contributed by atoms with Gasteiger partial charge in [0.25, 0.3) is 0 Å². The van der Waals surface area contributed by atoms with E-state index in [9.17, 15) is 10.2 Å². The minimum Gasteiger partial charge on any atom is -0.392 e. The van der Waals surface area contributed by atoms with Crippen LogP contribution in [0.25, 0.3) is 0 Å². The van der Waals surface area contributed by atoms with Crippen molar-refractivity contribution < 1.29 is 10.2 Å². The van der Waals surface area contributed by atoms with Gasteiger partial charge in [0.1, 0.15) is 0 Å². The van der Waals surface area contributed by atoms with Crippen LogP contribution in [0.2, 0.25) is 0 Å². The van der Waals surface area contributed by atoms with E-state index in [4.69, 9.17) is 5.73 Å². The van der Waals surface area contributed by atoms with Gasteiger partial charge in [0.2, 0.25) is 0 Å². The van der Waals surface area contributed by atoms with Gasteiger partial charge in [-0.1, -0.05) is 20.8 Å². The second kappa shape index (κ2) is 3.32. The number of aliphatic hydroxyl groups is 2. The second-order valence-corrected chi connectivity index (χ2v) is 4.14. The maximum atomic E-state index is 9.71. The quantitative estimate of drug-likeness (QED) is 0.481. The van der Waals surface area contributed by atoms with Crippen molar-refractivity contribution in [1.82, 2.24) is 0 Å². The fourth-order valence-electron chi connectivity index (χ4n) is 1.99. The zero-order valence-corrected chi connectivity index (χ0v) is 7.94. The lowest BCUT2D eigenvalue weighted by atomic mass is 9.70.